The molecule has 0 atom stereocenters. The predicted octanol–water partition coefficient (Wildman–Crippen LogP) is 1.36. The highest BCUT2D eigenvalue weighted by molar-refractivity contribution is 5.90. The van der Waals surface area contributed by atoms with Gasteiger partial charge in [0.15, 0.2) is 0 Å². The summed E-state index contributed by atoms with van der Waals surface area (Å²) in [7, 11) is 1.51. The molecule has 4 nitrogen and oxygen atoms in total. The number of carbonyl (C=O) groups is 1. The third-order valence-corrected chi connectivity index (χ3v) is 1.90. The van der Waals surface area contributed by atoms with Crippen LogP contribution in [-0.2, 0) is 11.3 Å². The van der Waals surface area contributed by atoms with Gasteiger partial charge >= 0.3 is 5.97 Å². The minimum Gasteiger partial charge on any atom is -0.497 e. The molecule has 0 radical (unpaired) electrons. The minimum absolute atomic E-state index is 0.135. The maximum Gasteiger partial charge on any atom is 0.338 e. The highest BCUT2D eigenvalue weighted by Gasteiger charge is 2.09. The van der Waals surface area contributed by atoms with Crippen molar-refractivity contribution in [2.45, 2.75) is 13.5 Å². The summed E-state index contributed by atoms with van der Waals surface area (Å²) in [5.41, 5.74) is 1.01. The molecule has 82 valence electrons. The molecule has 15 heavy (non-hydrogen) atoms. The molecule has 0 spiro atoms. The molecular weight excluding hydrogens is 196 g/mol. The summed E-state index contributed by atoms with van der Waals surface area (Å²) < 4.78 is 9.86. The predicted molar refractivity (Wildman–Crippen MR) is 54.9 cm³/mol. The van der Waals surface area contributed by atoms with Gasteiger partial charge < -0.3 is 14.6 Å². The van der Waals surface area contributed by atoms with Crippen molar-refractivity contribution in [3.8, 4) is 5.75 Å². The number of methoxy groups -OCH3 is 1. The molecule has 0 aliphatic heterocycles. The van der Waals surface area contributed by atoms with Crippen LogP contribution < -0.4 is 4.74 Å². The van der Waals surface area contributed by atoms with Gasteiger partial charge in [0.2, 0.25) is 0 Å². The summed E-state index contributed by atoms with van der Waals surface area (Å²) in [6, 6.07) is 4.83. The van der Waals surface area contributed by atoms with E-state index in [1.54, 1.807) is 25.1 Å². The van der Waals surface area contributed by atoms with Gasteiger partial charge in [-0.1, -0.05) is 0 Å². The first kappa shape index (κ1) is 11.5. The summed E-state index contributed by atoms with van der Waals surface area (Å²) >= 11 is 0. The van der Waals surface area contributed by atoms with Gasteiger partial charge in [0, 0.05) is 0 Å². The molecule has 0 heterocycles. The lowest BCUT2D eigenvalue weighted by atomic mass is 10.1. The highest BCUT2D eigenvalue weighted by atomic mass is 16.5. The zero-order chi connectivity index (χ0) is 11.3. The summed E-state index contributed by atoms with van der Waals surface area (Å²) in [5, 5.41) is 8.99. The minimum atomic E-state index is -0.411. The molecule has 1 aromatic carbocycles. The molecule has 0 saturated carbocycles. The van der Waals surface area contributed by atoms with E-state index >= 15 is 0 Å². The summed E-state index contributed by atoms with van der Waals surface area (Å²) in [6.45, 7) is 1.93. The number of hydrogen-bond acceptors (Lipinski definition) is 4. The van der Waals surface area contributed by atoms with Gasteiger partial charge in [-0.3, -0.25) is 0 Å². The largest absolute Gasteiger partial charge is 0.497 e. The zero-order valence-corrected chi connectivity index (χ0v) is 8.82. The molecule has 0 amide bonds. The second-order valence-corrected chi connectivity index (χ2v) is 2.95. The lowest BCUT2D eigenvalue weighted by Crippen LogP contribution is -2.05. The maximum atomic E-state index is 11.4. The molecule has 1 N–H and O–H groups in total. The Balaban J connectivity index is 3.01. The van der Waals surface area contributed by atoms with Crippen molar-refractivity contribution in [1.82, 2.24) is 0 Å². The Morgan fingerprint density at radius 2 is 2.13 bits per heavy atom. The fourth-order valence-electron chi connectivity index (χ4n) is 1.20. The van der Waals surface area contributed by atoms with E-state index in [2.05, 4.69) is 0 Å². The Hall–Kier alpha value is -1.55. The molecule has 4 heteroatoms. The topological polar surface area (TPSA) is 55.8 Å². The molecule has 0 aromatic heterocycles. The average Bonchev–Trinajstić information content (AvgIpc) is 2.28. The molecule has 0 saturated heterocycles. The van der Waals surface area contributed by atoms with Gasteiger partial charge in [-0.15, -0.1) is 0 Å². The third-order valence-electron chi connectivity index (χ3n) is 1.90. The van der Waals surface area contributed by atoms with Crippen LogP contribution in [0.3, 0.4) is 0 Å². The lowest BCUT2D eigenvalue weighted by Gasteiger charge is -2.06. The first-order chi connectivity index (χ1) is 7.21. The van der Waals surface area contributed by atoms with Crippen molar-refractivity contribution < 1.29 is 19.4 Å². The summed E-state index contributed by atoms with van der Waals surface area (Å²) in [6.07, 6.45) is 0. The van der Waals surface area contributed by atoms with E-state index in [0.717, 1.165) is 0 Å². The molecule has 1 aromatic rings. The molecule has 0 fully saturated rings. The van der Waals surface area contributed by atoms with Gasteiger partial charge in [0.05, 0.1) is 25.9 Å². The van der Waals surface area contributed by atoms with Crippen LogP contribution in [0.15, 0.2) is 18.2 Å². The Labute approximate surface area is 88.4 Å². The Bertz CT molecular complexity index is 324. The van der Waals surface area contributed by atoms with Crippen molar-refractivity contribution >= 4 is 5.97 Å². The van der Waals surface area contributed by atoms with E-state index in [-0.39, 0.29) is 6.61 Å². The van der Waals surface area contributed by atoms with Gasteiger partial charge in [0.25, 0.3) is 0 Å². The van der Waals surface area contributed by atoms with E-state index < -0.39 is 5.97 Å². The molecule has 0 aliphatic carbocycles. The van der Waals surface area contributed by atoms with Crippen LogP contribution in [0.2, 0.25) is 0 Å². The summed E-state index contributed by atoms with van der Waals surface area (Å²) in [5.74, 6) is 0.121. The highest BCUT2D eigenvalue weighted by Crippen LogP contribution is 2.17. The number of carbonyl (C=O) groups excluding carboxylic acids is 1. The number of aliphatic hydroxyl groups is 1. The number of hydrogen-bond donors (Lipinski definition) is 1. The number of aliphatic hydroxyl groups excluding tert-OH is 1. The number of esters is 1. The van der Waals surface area contributed by atoms with E-state index in [1.807, 2.05) is 0 Å². The van der Waals surface area contributed by atoms with Crippen molar-refractivity contribution in [3.05, 3.63) is 29.3 Å². The Morgan fingerprint density at radius 1 is 1.40 bits per heavy atom. The monoisotopic (exact) mass is 210 g/mol. The van der Waals surface area contributed by atoms with Crippen molar-refractivity contribution in [2.24, 2.45) is 0 Å². The number of rotatable bonds is 4. The molecule has 0 unspecified atom stereocenters. The Kier molecular flexibility index (Phi) is 4.12. The van der Waals surface area contributed by atoms with Crippen molar-refractivity contribution in [2.75, 3.05) is 13.7 Å². The number of benzene rings is 1. The Morgan fingerprint density at radius 3 is 2.67 bits per heavy atom. The van der Waals surface area contributed by atoms with E-state index in [0.29, 0.717) is 23.5 Å². The van der Waals surface area contributed by atoms with E-state index in [1.165, 1.54) is 7.11 Å². The number of ether oxygens (including phenoxy) is 2. The van der Waals surface area contributed by atoms with Crippen LogP contribution in [-0.4, -0.2) is 24.8 Å². The van der Waals surface area contributed by atoms with Crippen LogP contribution in [0.25, 0.3) is 0 Å². The lowest BCUT2D eigenvalue weighted by molar-refractivity contribution is 0.0525. The molecule has 1 rings (SSSR count). The second kappa shape index (κ2) is 5.36. The van der Waals surface area contributed by atoms with Crippen LogP contribution in [0.5, 0.6) is 5.75 Å². The average molecular weight is 210 g/mol. The van der Waals surface area contributed by atoms with Gasteiger partial charge in [-0.2, -0.15) is 0 Å². The molecule has 0 bridgehead atoms. The standard InChI is InChI=1S/C11H14O4/c1-3-15-11(13)9-4-8(7-12)5-10(6-9)14-2/h4-6,12H,3,7H2,1-2H3. The fourth-order valence-corrected chi connectivity index (χ4v) is 1.20. The fraction of sp³-hybridized carbons (Fsp3) is 0.364. The molecular formula is C11H14O4. The quantitative estimate of drug-likeness (QED) is 0.762. The SMILES string of the molecule is CCOC(=O)c1cc(CO)cc(OC)c1. The van der Waals surface area contributed by atoms with Crippen LogP contribution >= 0.6 is 0 Å². The van der Waals surface area contributed by atoms with E-state index in [4.69, 9.17) is 14.6 Å². The van der Waals surface area contributed by atoms with Gasteiger partial charge in [-0.25, -0.2) is 4.79 Å². The summed E-state index contributed by atoms with van der Waals surface area (Å²) in [4.78, 5) is 11.4. The van der Waals surface area contributed by atoms with Crippen LogP contribution in [0, 0.1) is 0 Å². The van der Waals surface area contributed by atoms with Gasteiger partial charge in [0.1, 0.15) is 5.75 Å². The first-order valence-corrected chi connectivity index (χ1v) is 4.67. The molecule has 0 aliphatic rings. The van der Waals surface area contributed by atoms with E-state index in [9.17, 15) is 4.79 Å². The second-order valence-electron chi connectivity index (χ2n) is 2.95. The smallest absolute Gasteiger partial charge is 0.338 e. The maximum absolute atomic E-state index is 11.4. The van der Waals surface area contributed by atoms with Crippen LogP contribution in [0.4, 0.5) is 0 Å². The van der Waals surface area contributed by atoms with Gasteiger partial charge in [-0.05, 0) is 30.7 Å². The third kappa shape index (κ3) is 2.95. The normalized spacial score (nSPS) is 9.80. The van der Waals surface area contributed by atoms with Crippen molar-refractivity contribution in [3.63, 3.8) is 0 Å². The zero-order valence-electron chi connectivity index (χ0n) is 8.82. The van der Waals surface area contributed by atoms with Crippen LogP contribution in [0.1, 0.15) is 22.8 Å². The van der Waals surface area contributed by atoms with Crippen molar-refractivity contribution in [1.29, 1.82) is 0 Å². The first-order valence-electron chi connectivity index (χ1n) is 4.67.